The highest BCUT2D eigenvalue weighted by atomic mass is 31.1. The van der Waals surface area contributed by atoms with Crippen LogP contribution in [-0.2, 0) is 10.8 Å². The fourth-order valence-electron chi connectivity index (χ4n) is 8.70. The molecule has 2 heterocycles. The van der Waals surface area contributed by atoms with Crippen LogP contribution >= 0.6 is 16.5 Å². The Bertz CT molecular complexity index is 3250. The van der Waals surface area contributed by atoms with E-state index in [1.165, 1.54) is 0 Å². The lowest BCUT2D eigenvalue weighted by molar-refractivity contribution is 0.457. The van der Waals surface area contributed by atoms with Crippen LogP contribution in [0.25, 0.3) is 87.0 Å². The first-order valence-electron chi connectivity index (χ1n) is 20.8. The fourth-order valence-corrected chi connectivity index (χ4v) is 10.8. The van der Waals surface area contributed by atoms with E-state index in [9.17, 15) is 0 Å². The minimum atomic E-state index is -2.04. The summed E-state index contributed by atoms with van der Waals surface area (Å²) in [4.78, 5) is 0. The third kappa shape index (κ3) is 6.57. The molecule has 306 valence electrons. The van der Waals surface area contributed by atoms with Gasteiger partial charge in [-0.25, -0.2) is 0 Å². The topological polar surface area (TPSA) is 71.0 Å². The zero-order valence-electron chi connectivity index (χ0n) is 35.3. The average molecular weight is 850 g/mol. The van der Waals surface area contributed by atoms with Gasteiger partial charge in [-0.2, -0.15) is 6.07 Å². The van der Waals surface area contributed by atoms with Crippen molar-refractivity contribution in [2.24, 2.45) is 0 Å². The minimum Gasteiger partial charge on any atom is -0.417 e. The predicted octanol–water partition coefficient (Wildman–Crippen LogP) is 17.6. The lowest BCUT2D eigenvalue weighted by atomic mass is 9.80. The molecule has 11 rings (SSSR count). The second-order valence-corrected chi connectivity index (χ2v) is 19.9. The molecule has 0 saturated carbocycles. The maximum atomic E-state index is 6.97. The molecule has 0 N–H and O–H groups in total. The second-order valence-electron chi connectivity index (χ2n) is 17.9. The zero-order valence-corrected chi connectivity index (χ0v) is 37.1. The molecule has 0 saturated heterocycles. The highest BCUT2D eigenvalue weighted by molar-refractivity contribution is 7.32. The van der Waals surface area contributed by atoms with Crippen LogP contribution in [-0.4, -0.2) is 0 Å². The number of benzene rings is 9. The van der Waals surface area contributed by atoms with Crippen molar-refractivity contribution < 1.29 is 25.8 Å². The van der Waals surface area contributed by atoms with Crippen molar-refractivity contribution in [3.8, 4) is 11.5 Å². The Balaban J connectivity index is 1.14. The van der Waals surface area contributed by atoms with E-state index in [2.05, 4.69) is 175 Å². The highest BCUT2D eigenvalue weighted by Crippen LogP contribution is 2.49. The van der Waals surface area contributed by atoms with Gasteiger partial charge < -0.3 is 25.8 Å². The number of fused-ring (bicyclic) bond motifs is 14. The van der Waals surface area contributed by atoms with E-state index in [0.29, 0.717) is 33.8 Å². The molecular formula is C54H43O6P2-. The van der Waals surface area contributed by atoms with Crippen LogP contribution in [0.2, 0.25) is 0 Å². The molecular weight excluding hydrogens is 807 g/mol. The van der Waals surface area contributed by atoms with Gasteiger partial charge in [0.25, 0.3) is 0 Å². The van der Waals surface area contributed by atoms with Gasteiger partial charge in [0.2, 0.25) is 0 Å². The van der Waals surface area contributed by atoms with Gasteiger partial charge in [-0.05, 0) is 67.4 Å². The SMILES string of the molecule is CC(C)(C)c1cc(C(C)(C)C)c(Op2oc3ccc4ccccc4c3c3c(ccc4ccccc43)o2)[c-]c1Op1oc2ccc3ccccc3c2c2c(ccc3ccccc32)o1. The number of hydrogen-bond acceptors (Lipinski definition) is 6. The van der Waals surface area contributed by atoms with Crippen LogP contribution in [0.5, 0.6) is 11.5 Å². The Morgan fingerprint density at radius 3 is 0.919 bits per heavy atom. The Hall–Kier alpha value is -6.58. The summed E-state index contributed by atoms with van der Waals surface area (Å²) in [5, 5.41) is 12.6. The predicted molar refractivity (Wildman–Crippen MR) is 257 cm³/mol. The molecule has 0 atom stereocenters. The Morgan fingerprint density at radius 1 is 0.371 bits per heavy atom. The van der Waals surface area contributed by atoms with E-state index in [1.54, 1.807) is 0 Å². The maximum absolute atomic E-state index is 6.97. The first-order chi connectivity index (χ1) is 30.0. The molecule has 0 aliphatic carbocycles. The van der Waals surface area contributed by atoms with E-state index >= 15 is 0 Å². The molecule has 0 aliphatic heterocycles. The van der Waals surface area contributed by atoms with Gasteiger partial charge in [0.1, 0.15) is 22.3 Å². The minimum absolute atomic E-state index is 0.353. The van der Waals surface area contributed by atoms with Crippen molar-refractivity contribution >= 4 is 103 Å². The number of rotatable bonds is 4. The first-order valence-corrected chi connectivity index (χ1v) is 23.0. The van der Waals surface area contributed by atoms with Gasteiger partial charge in [-0.3, -0.25) is 0 Å². The lowest BCUT2D eigenvalue weighted by Gasteiger charge is -2.35. The van der Waals surface area contributed by atoms with Gasteiger partial charge >= 0.3 is 16.5 Å². The molecule has 0 fully saturated rings. The third-order valence-corrected chi connectivity index (χ3v) is 13.8. The largest absolute Gasteiger partial charge is 0.451 e. The fraction of sp³-hybridized carbons (Fsp3) is 0.148. The van der Waals surface area contributed by atoms with Crippen LogP contribution in [0, 0.1) is 6.07 Å². The van der Waals surface area contributed by atoms with Crippen LogP contribution < -0.4 is 9.05 Å². The summed E-state index contributed by atoms with van der Waals surface area (Å²) in [6, 6.07) is 55.8. The Labute approximate surface area is 360 Å². The summed E-state index contributed by atoms with van der Waals surface area (Å²) >= 11 is 0. The van der Waals surface area contributed by atoms with E-state index in [0.717, 1.165) is 75.8 Å². The molecule has 2 aromatic heterocycles. The standard InChI is InChI=1S/C54H43O6P2/c1-53(2,3)41-31-42(54(4,5)6)48(60-62-57-45-29-25-35-17-9-13-21-39(35)51(45)52-40-22-14-10-18-36(40)26-30-46(52)58-62)32-47(41)59-61-55-43-27-23-33-15-7-11-19-37(33)49(43)50-38-20-12-8-16-34(38)24-28-44(50)56-61/h7-31H,1-6H3/q-1. The summed E-state index contributed by atoms with van der Waals surface area (Å²) < 4.78 is 41.3. The van der Waals surface area contributed by atoms with E-state index in [4.69, 9.17) is 25.8 Å². The highest BCUT2D eigenvalue weighted by Gasteiger charge is 2.23. The second kappa shape index (κ2) is 14.5. The van der Waals surface area contributed by atoms with Gasteiger partial charge in [-0.1, -0.05) is 180 Å². The summed E-state index contributed by atoms with van der Waals surface area (Å²) in [6.07, 6.45) is 0. The lowest BCUT2D eigenvalue weighted by Crippen LogP contribution is -2.18. The zero-order chi connectivity index (χ0) is 42.3. The van der Waals surface area contributed by atoms with Crippen LogP contribution in [0.3, 0.4) is 0 Å². The molecule has 0 bridgehead atoms. The van der Waals surface area contributed by atoms with Gasteiger partial charge in [0, 0.05) is 33.0 Å². The smallest absolute Gasteiger partial charge is 0.417 e. The van der Waals surface area contributed by atoms with Crippen molar-refractivity contribution in [3.05, 3.63) is 169 Å². The normalized spacial score (nSPS) is 12.4. The Morgan fingerprint density at radius 2 is 0.645 bits per heavy atom. The molecule has 0 radical (unpaired) electrons. The average Bonchev–Trinajstić information content (AvgIpc) is 3.53. The van der Waals surface area contributed by atoms with Crippen molar-refractivity contribution in [3.63, 3.8) is 0 Å². The molecule has 0 unspecified atom stereocenters. The van der Waals surface area contributed by atoms with Crippen LogP contribution in [0.15, 0.2) is 168 Å². The van der Waals surface area contributed by atoms with Crippen LogP contribution in [0.4, 0.5) is 0 Å². The quantitative estimate of drug-likeness (QED) is 0.164. The summed E-state index contributed by atoms with van der Waals surface area (Å²) in [7, 11) is -4.09. The molecule has 9 aromatic carbocycles. The number of hydrogen-bond donors (Lipinski definition) is 0. The molecule has 0 amide bonds. The maximum Gasteiger partial charge on any atom is 0.451 e. The molecule has 11 aromatic rings. The summed E-state index contributed by atoms with van der Waals surface area (Å²) in [6.45, 7) is 13.0. The summed E-state index contributed by atoms with van der Waals surface area (Å²) in [5.41, 5.74) is 3.92. The van der Waals surface area contributed by atoms with Crippen molar-refractivity contribution in [1.82, 2.24) is 0 Å². The molecule has 0 spiro atoms. The third-order valence-electron chi connectivity index (χ3n) is 11.7. The first kappa shape index (κ1) is 38.3. The van der Waals surface area contributed by atoms with Gasteiger partial charge in [0.05, 0.1) is 0 Å². The van der Waals surface area contributed by atoms with E-state index in [-0.39, 0.29) is 10.8 Å². The van der Waals surface area contributed by atoms with Gasteiger partial charge in [0.15, 0.2) is 0 Å². The molecule has 8 heteroatoms. The Kier molecular flexibility index (Phi) is 8.98. The molecule has 62 heavy (non-hydrogen) atoms. The van der Waals surface area contributed by atoms with Crippen molar-refractivity contribution in [1.29, 1.82) is 0 Å². The van der Waals surface area contributed by atoms with E-state index < -0.39 is 16.5 Å². The summed E-state index contributed by atoms with van der Waals surface area (Å²) in [5.74, 6) is 0.946. The van der Waals surface area contributed by atoms with Crippen molar-refractivity contribution in [2.75, 3.05) is 0 Å². The molecule has 6 nitrogen and oxygen atoms in total. The monoisotopic (exact) mass is 849 g/mol. The molecule has 0 aliphatic rings. The van der Waals surface area contributed by atoms with Gasteiger partial charge in [-0.15, -0.1) is 11.1 Å². The van der Waals surface area contributed by atoms with E-state index in [1.807, 2.05) is 24.3 Å². The van der Waals surface area contributed by atoms with Crippen molar-refractivity contribution in [2.45, 2.75) is 52.4 Å². The van der Waals surface area contributed by atoms with Crippen LogP contribution in [0.1, 0.15) is 52.7 Å².